The summed E-state index contributed by atoms with van der Waals surface area (Å²) in [6.07, 6.45) is 5.75. The lowest BCUT2D eigenvalue weighted by molar-refractivity contribution is 1.35. The number of thioether (sulfide) groups is 1. The molecule has 1 radical (unpaired) electrons. The van der Waals surface area contributed by atoms with Crippen LogP contribution in [0.3, 0.4) is 0 Å². The lowest BCUT2D eigenvalue weighted by atomic mass is 10.2. The minimum absolute atomic E-state index is 1.18. The maximum absolute atomic E-state index is 4.07. The van der Waals surface area contributed by atoms with Crippen molar-refractivity contribution < 1.29 is 0 Å². The molecule has 1 heterocycles. The van der Waals surface area contributed by atoms with E-state index >= 15 is 0 Å². The van der Waals surface area contributed by atoms with Crippen molar-refractivity contribution in [2.75, 3.05) is 6.26 Å². The van der Waals surface area contributed by atoms with Gasteiger partial charge in [-0.15, -0.1) is 11.8 Å². The first kappa shape index (κ1) is 7.62. The van der Waals surface area contributed by atoms with E-state index in [1.165, 1.54) is 15.7 Å². The third kappa shape index (κ3) is 1.18. The molecule has 0 spiro atoms. The second kappa shape index (κ2) is 3.15. The molecule has 0 aliphatic carbocycles. The van der Waals surface area contributed by atoms with Crippen LogP contribution in [0.15, 0.2) is 35.5 Å². The monoisotopic (exact) mass is 174 g/mol. The Bertz CT molecular complexity index is 392. The Morgan fingerprint density at radius 3 is 3.17 bits per heavy atom. The van der Waals surface area contributed by atoms with Gasteiger partial charge in [-0.3, -0.25) is 4.98 Å². The Morgan fingerprint density at radius 2 is 2.33 bits per heavy atom. The third-order valence-electron chi connectivity index (χ3n) is 1.78. The van der Waals surface area contributed by atoms with E-state index in [4.69, 9.17) is 0 Å². The average molecular weight is 174 g/mol. The first-order valence-corrected chi connectivity index (χ1v) is 4.92. The molecule has 2 aromatic rings. The van der Waals surface area contributed by atoms with E-state index in [-0.39, 0.29) is 0 Å². The second-order valence-electron chi connectivity index (χ2n) is 2.47. The van der Waals surface area contributed by atoms with Crippen LogP contribution in [0.1, 0.15) is 0 Å². The number of fused-ring (bicyclic) bond motifs is 1. The first-order chi connectivity index (χ1) is 5.92. The maximum Gasteiger partial charge on any atom is 0.0346 e. The minimum Gasteiger partial charge on any atom is -0.264 e. The van der Waals surface area contributed by atoms with Crippen molar-refractivity contribution >= 4 is 22.5 Å². The van der Waals surface area contributed by atoms with Crippen molar-refractivity contribution in [3.05, 3.63) is 36.7 Å². The van der Waals surface area contributed by atoms with Crippen LogP contribution < -0.4 is 0 Å². The Kier molecular flexibility index (Phi) is 2.00. The Hall–Kier alpha value is -1.02. The third-order valence-corrected chi connectivity index (χ3v) is 2.52. The van der Waals surface area contributed by atoms with Crippen molar-refractivity contribution in [2.24, 2.45) is 0 Å². The molecule has 12 heavy (non-hydrogen) atoms. The number of pyridine rings is 1. The van der Waals surface area contributed by atoms with Crippen LogP contribution in [0.2, 0.25) is 0 Å². The summed E-state index contributed by atoms with van der Waals surface area (Å²) < 4.78 is 0. The normalized spacial score (nSPS) is 10.4. The van der Waals surface area contributed by atoms with Gasteiger partial charge in [0, 0.05) is 22.7 Å². The predicted octanol–water partition coefficient (Wildman–Crippen LogP) is 2.76. The smallest absolute Gasteiger partial charge is 0.0346 e. The highest BCUT2D eigenvalue weighted by molar-refractivity contribution is 7.98. The summed E-state index contributed by atoms with van der Waals surface area (Å²) in [4.78, 5) is 5.25. The van der Waals surface area contributed by atoms with Crippen LogP contribution in [0.25, 0.3) is 10.8 Å². The van der Waals surface area contributed by atoms with Crippen LogP contribution in [0, 0.1) is 6.07 Å². The standard InChI is InChI=1S/C10H8NS/c1-12-10-4-2-3-8-7-11-6-5-9(8)10/h2-3,5-7H,1H3. The van der Waals surface area contributed by atoms with Gasteiger partial charge in [-0.05, 0) is 23.8 Å². The van der Waals surface area contributed by atoms with E-state index in [1.54, 1.807) is 11.8 Å². The van der Waals surface area contributed by atoms with Crippen LogP contribution in [0.5, 0.6) is 0 Å². The van der Waals surface area contributed by atoms with E-state index < -0.39 is 0 Å². The molecule has 59 valence electrons. The fourth-order valence-corrected chi connectivity index (χ4v) is 1.79. The topological polar surface area (TPSA) is 12.9 Å². The molecule has 0 N–H and O–H groups in total. The van der Waals surface area contributed by atoms with Gasteiger partial charge in [0.2, 0.25) is 0 Å². The zero-order valence-electron chi connectivity index (χ0n) is 6.74. The number of benzene rings is 1. The van der Waals surface area contributed by atoms with Gasteiger partial charge >= 0.3 is 0 Å². The van der Waals surface area contributed by atoms with Crippen molar-refractivity contribution in [3.8, 4) is 0 Å². The molecular weight excluding hydrogens is 166 g/mol. The predicted molar refractivity (Wildman–Crippen MR) is 52.4 cm³/mol. The largest absolute Gasteiger partial charge is 0.264 e. The molecule has 0 saturated carbocycles. The molecule has 0 aliphatic heterocycles. The molecule has 0 aliphatic rings. The van der Waals surface area contributed by atoms with Crippen LogP contribution in [0.4, 0.5) is 0 Å². The molecule has 0 unspecified atom stereocenters. The molecule has 0 bridgehead atoms. The molecule has 2 rings (SSSR count). The molecule has 1 aromatic carbocycles. The van der Waals surface area contributed by atoms with Crippen LogP contribution in [-0.2, 0) is 0 Å². The summed E-state index contributed by atoms with van der Waals surface area (Å²) in [7, 11) is 0. The fraction of sp³-hybridized carbons (Fsp3) is 0.100. The summed E-state index contributed by atoms with van der Waals surface area (Å²) in [5.41, 5.74) is 0. The van der Waals surface area contributed by atoms with Gasteiger partial charge in [0.15, 0.2) is 0 Å². The Labute approximate surface area is 75.8 Å². The van der Waals surface area contributed by atoms with Crippen molar-refractivity contribution in [1.29, 1.82) is 0 Å². The summed E-state index contributed by atoms with van der Waals surface area (Å²) >= 11 is 1.71. The Balaban J connectivity index is 2.79. The van der Waals surface area contributed by atoms with Crippen LogP contribution in [-0.4, -0.2) is 11.2 Å². The maximum atomic E-state index is 4.07. The number of hydrogen-bond donors (Lipinski definition) is 0. The molecule has 0 amide bonds. The number of rotatable bonds is 1. The minimum atomic E-state index is 1.18. The van der Waals surface area contributed by atoms with E-state index in [0.717, 1.165) is 0 Å². The highest BCUT2D eigenvalue weighted by Crippen LogP contribution is 2.24. The van der Waals surface area contributed by atoms with E-state index in [0.29, 0.717) is 0 Å². The second-order valence-corrected chi connectivity index (χ2v) is 3.29. The van der Waals surface area contributed by atoms with Gasteiger partial charge in [-0.1, -0.05) is 12.1 Å². The van der Waals surface area contributed by atoms with E-state index in [9.17, 15) is 0 Å². The van der Waals surface area contributed by atoms with Crippen molar-refractivity contribution in [2.45, 2.75) is 4.90 Å². The summed E-state index contributed by atoms with van der Waals surface area (Å²) in [6.45, 7) is 0. The van der Waals surface area contributed by atoms with Crippen molar-refractivity contribution in [3.63, 3.8) is 0 Å². The van der Waals surface area contributed by atoms with E-state index in [1.807, 2.05) is 30.6 Å². The molecule has 2 heteroatoms. The fourth-order valence-electron chi connectivity index (χ4n) is 1.20. The average Bonchev–Trinajstić information content (AvgIpc) is 2.17. The lowest BCUT2D eigenvalue weighted by Crippen LogP contribution is -1.77. The quantitative estimate of drug-likeness (QED) is 0.616. The van der Waals surface area contributed by atoms with Gasteiger partial charge < -0.3 is 0 Å². The molecule has 1 aromatic heterocycles. The highest BCUT2D eigenvalue weighted by Gasteiger charge is 1.97. The number of nitrogens with zero attached hydrogens (tertiary/aromatic N) is 1. The molecule has 0 fully saturated rings. The highest BCUT2D eigenvalue weighted by atomic mass is 32.2. The van der Waals surface area contributed by atoms with Crippen LogP contribution >= 0.6 is 11.8 Å². The van der Waals surface area contributed by atoms with Crippen molar-refractivity contribution in [1.82, 2.24) is 4.98 Å². The SMILES string of the molecule is CSc1[c]ccc2cnccc12. The number of hydrogen-bond acceptors (Lipinski definition) is 2. The zero-order valence-corrected chi connectivity index (χ0v) is 7.56. The zero-order chi connectivity index (χ0) is 8.39. The molecular formula is C10H8NS. The Morgan fingerprint density at radius 1 is 1.42 bits per heavy atom. The lowest BCUT2D eigenvalue weighted by Gasteiger charge is -2.00. The van der Waals surface area contributed by atoms with Gasteiger partial charge in [-0.25, -0.2) is 0 Å². The molecule has 0 saturated heterocycles. The van der Waals surface area contributed by atoms with Gasteiger partial charge in [0.25, 0.3) is 0 Å². The van der Waals surface area contributed by atoms with Gasteiger partial charge in [0.1, 0.15) is 0 Å². The summed E-state index contributed by atoms with van der Waals surface area (Å²) in [5, 5.41) is 2.42. The summed E-state index contributed by atoms with van der Waals surface area (Å²) in [5.74, 6) is 0. The van der Waals surface area contributed by atoms with Gasteiger partial charge in [-0.2, -0.15) is 0 Å². The van der Waals surface area contributed by atoms with Gasteiger partial charge in [0.05, 0.1) is 0 Å². The molecule has 0 atom stereocenters. The first-order valence-electron chi connectivity index (χ1n) is 3.70. The summed E-state index contributed by atoms with van der Waals surface area (Å²) in [6, 6.07) is 9.19. The van der Waals surface area contributed by atoms with E-state index in [2.05, 4.69) is 17.3 Å². The molecule has 1 nitrogen and oxygen atoms in total. The number of aromatic nitrogens is 1.